The van der Waals surface area contributed by atoms with Gasteiger partial charge in [-0.2, -0.15) is 13.2 Å². The van der Waals surface area contributed by atoms with E-state index in [0.717, 1.165) is 23.1 Å². The van der Waals surface area contributed by atoms with Crippen LogP contribution >= 0.6 is 0 Å². The Morgan fingerprint density at radius 2 is 1.90 bits per heavy atom. The molecule has 0 unspecified atom stereocenters. The third kappa shape index (κ3) is 4.47. The Labute approximate surface area is 117 Å². The van der Waals surface area contributed by atoms with Crippen LogP contribution in [0.4, 0.5) is 18.9 Å². The van der Waals surface area contributed by atoms with E-state index in [0.29, 0.717) is 11.6 Å². The van der Waals surface area contributed by atoms with Gasteiger partial charge in [0, 0.05) is 12.2 Å². The van der Waals surface area contributed by atoms with Crippen LogP contribution in [0.2, 0.25) is 0 Å². The lowest BCUT2D eigenvalue weighted by Crippen LogP contribution is -2.25. The zero-order valence-corrected chi connectivity index (χ0v) is 12.1. The fourth-order valence-corrected chi connectivity index (χ4v) is 1.94. The highest BCUT2D eigenvalue weighted by Gasteiger charge is 2.31. The predicted octanol–water partition coefficient (Wildman–Crippen LogP) is 3.94. The second-order valence-electron chi connectivity index (χ2n) is 5.41. The molecular weight excluding hydrogens is 265 g/mol. The number of rotatable bonds is 5. The highest BCUT2D eigenvalue weighted by atomic mass is 19.4. The summed E-state index contributed by atoms with van der Waals surface area (Å²) in [6.07, 6.45) is -3.56. The first-order valence-electron chi connectivity index (χ1n) is 6.49. The van der Waals surface area contributed by atoms with Gasteiger partial charge >= 0.3 is 6.18 Å². The van der Waals surface area contributed by atoms with Gasteiger partial charge in [0.1, 0.15) is 5.70 Å². The van der Waals surface area contributed by atoms with Crippen LogP contribution in [0.25, 0.3) is 0 Å². The maximum absolute atomic E-state index is 12.4. The first kappa shape index (κ1) is 16.4. The molecular formula is C15H21F3N2. The van der Waals surface area contributed by atoms with Crippen LogP contribution in [-0.2, 0) is 13.0 Å². The molecule has 0 radical (unpaired) electrons. The molecule has 0 atom stereocenters. The number of nitrogen functional groups attached to an aromatic ring is 1. The average Bonchev–Trinajstić information content (AvgIpc) is 2.29. The molecule has 0 saturated heterocycles. The van der Waals surface area contributed by atoms with E-state index in [9.17, 15) is 13.2 Å². The van der Waals surface area contributed by atoms with Crippen molar-refractivity contribution in [1.29, 1.82) is 0 Å². The van der Waals surface area contributed by atoms with Crippen LogP contribution < -0.4 is 11.1 Å². The molecule has 1 rings (SSSR count). The second-order valence-corrected chi connectivity index (χ2v) is 5.41. The molecule has 0 aliphatic heterocycles. The van der Waals surface area contributed by atoms with Crippen molar-refractivity contribution >= 4 is 5.69 Å². The maximum Gasteiger partial charge on any atom is 0.430 e. The van der Waals surface area contributed by atoms with Gasteiger partial charge in [-0.3, -0.25) is 0 Å². The van der Waals surface area contributed by atoms with Gasteiger partial charge in [0.25, 0.3) is 0 Å². The molecule has 0 heterocycles. The molecule has 2 nitrogen and oxygen atoms in total. The fourth-order valence-electron chi connectivity index (χ4n) is 1.94. The first-order valence-corrected chi connectivity index (χ1v) is 6.49. The van der Waals surface area contributed by atoms with Crippen molar-refractivity contribution in [3.05, 3.63) is 41.1 Å². The van der Waals surface area contributed by atoms with Crippen molar-refractivity contribution in [3.63, 3.8) is 0 Å². The Kier molecular flexibility index (Phi) is 5.09. The summed E-state index contributed by atoms with van der Waals surface area (Å²) in [6.45, 7) is 9.11. The minimum Gasteiger partial charge on any atom is -0.398 e. The third-order valence-electron chi connectivity index (χ3n) is 3.06. The number of halogens is 3. The Bertz CT molecular complexity index is 491. The van der Waals surface area contributed by atoms with Gasteiger partial charge < -0.3 is 11.1 Å². The standard InChI is InChI=1S/C15H21F3N2/c1-9(2)5-12-6-10(3)13(7-14(12)19)8-20-11(4)15(16,17)18/h6-7,9,20H,4-5,8,19H2,1-3H3. The molecule has 0 saturated carbocycles. The minimum atomic E-state index is -4.42. The van der Waals surface area contributed by atoms with Crippen LogP contribution in [0.3, 0.4) is 0 Å². The SMILES string of the molecule is C=C(NCc1cc(N)c(CC(C)C)cc1C)C(F)(F)F. The van der Waals surface area contributed by atoms with Crippen LogP contribution in [-0.4, -0.2) is 6.18 Å². The van der Waals surface area contributed by atoms with Crippen molar-refractivity contribution in [2.24, 2.45) is 5.92 Å². The van der Waals surface area contributed by atoms with Crippen LogP contribution in [0.5, 0.6) is 0 Å². The van der Waals surface area contributed by atoms with Gasteiger partial charge in [0.15, 0.2) is 0 Å². The highest BCUT2D eigenvalue weighted by molar-refractivity contribution is 5.52. The van der Waals surface area contributed by atoms with Gasteiger partial charge in [-0.1, -0.05) is 26.5 Å². The summed E-state index contributed by atoms with van der Waals surface area (Å²) < 4.78 is 37.1. The van der Waals surface area contributed by atoms with Crippen molar-refractivity contribution in [1.82, 2.24) is 5.32 Å². The van der Waals surface area contributed by atoms with Crippen LogP contribution in [0, 0.1) is 12.8 Å². The summed E-state index contributed by atoms with van der Waals surface area (Å²) in [5, 5.41) is 2.29. The van der Waals surface area contributed by atoms with E-state index in [1.165, 1.54) is 0 Å². The van der Waals surface area contributed by atoms with Crippen LogP contribution in [0.15, 0.2) is 24.4 Å². The largest absolute Gasteiger partial charge is 0.430 e. The molecule has 1 aromatic carbocycles. The number of alkyl halides is 3. The zero-order chi connectivity index (χ0) is 15.5. The molecule has 3 N–H and O–H groups in total. The smallest absolute Gasteiger partial charge is 0.398 e. The van der Waals surface area contributed by atoms with E-state index in [4.69, 9.17) is 5.73 Å². The number of benzene rings is 1. The van der Waals surface area contributed by atoms with Gasteiger partial charge in [-0.25, -0.2) is 0 Å². The molecule has 112 valence electrons. The number of hydrogen-bond acceptors (Lipinski definition) is 2. The Balaban J connectivity index is 2.83. The first-order chi connectivity index (χ1) is 9.11. The van der Waals surface area contributed by atoms with E-state index in [2.05, 4.69) is 25.7 Å². The molecule has 0 fully saturated rings. The number of nitrogens with two attached hydrogens (primary N) is 1. The monoisotopic (exact) mass is 286 g/mol. The van der Waals surface area contributed by atoms with Crippen LogP contribution in [0.1, 0.15) is 30.5 Å². The van der Waals surface area contributed by atoms with Crippen molar-refractivity contribution in [3.8, 4) is 0 Å². The van der Waals surface area contributed by atoms with E-state index >= 15 is 0 Å². The Hall–Kier alpha value is -1.65. The van der Waals surface area contributed by atoms with Gasteiger partial charge in [-0.05, 0) is 42.0 Å². The highest BCUT2D eigenvalue weighted by Crippen LogP contribution is 2.24. The summed E-state index contributed by atoms with van der Waals surface area (Å²) >= 11 is 0. The molecule has 0 aromatic heterocycles. The van der Waals surface area contributed by atoms with E-state index in [1.54, 1.807) is 6.07 Å². The van der Waals surface area contributed by atoms with E-state index < -0.39 is 11.9 Å². The topological polar surface area (TPSA) is 38.0 Å². The van der Waals surface area contributed by atoms with E-state index in [1.807, 2.05) is 13.0 Å². The summed E-state index contributed by atoms with van der Waals surface area (Å²) in [4.78, 5) is 0. The summed E-state index contributed by atoms with van der Waals surface area (Å²) in [5.74, 6) is 0.477. The summed E-state index contributed by atoms with van der Waals surface area (Å²) in [7, 11) is 0. The quantitative estimate of drug-likeness (QED) is 0.805. The lowest BCUT2D eigenvalue weighted by Gasteiger charge is -2.16. The Morgan fingerprint density at radius 1 is 1.30 bits per heavy atom. The molecule has 0 aliphatic rings. The number of allylic oxidation sites excluding steroid dienone is 1. The number of anilines is 1. The van der Waals surface area contributed by atoms with Gasteiger partial charge in [0.2, 0.25) is 0 Å². The van der Waals surface area contributed by atoms with Crippen molar-refractivity contribution in [2.45, 2.75) is 39.9 Å². The normalized spacial score (nSPS) is 11.8. The molecule has 0 bridgehead atoms. The lowest BCUT2D eigenvalue weighted by atomic mass is 9.96. The molecule has 0 aliphatic carbocycles. The van der Waals surface area contributed by atoms with E-state index in [-0.39, 0.29) is 6.54 Å². The average molecular weight is 286 g/mol. The molecule has 20 heavy (non-hydrogen) atoms. The number of aryl methyl sites for hydroxylation is 1. The summed E-state index contributed by atoms with van der Waals surface area (Å²) in [6, 6.07) is 3.69. The van der Waals surface area contributed by atoms with Crippen molar-refractivity contribution < 1.29 is 13.2 Å². The summed E-state index contributed by atoms with van der Waals surface area (Å²) in [5.41, 5.74) is 8.36. The number of nitrogens with one attached hydrogen (secondary N) is 1. The number of hydrogen-bond donors (Lipinski definition) is 2. The molecule has 1 aromatic rings. The van der Waals surface area contributed by atoms with Gasteiger partial charge in [0.05, 0.1) is 0 Å². The third-order valence-corrected chi connectivity index (χ3v) is 3.06. The molecule has 5 heteroatoms. The van der Waals surface area contributed by atoms with Crippen molar-refractivity contribution in [2.75, 3.05) is 5.73 Å². The Morgan fingerprint density at radius 3 is 2.40 bits per heavy atom. The van der Waals surface area contributed by atoms with Gasteiger partial charge in [-0.15, -0.1) is 0 Å². The zero-order valence-electron chi connectivity index (χ0n) is 12.1. The second kappa shape index (κ2) is 6.20. The molecule has 0 amide bonds. The predicted molar refractivity (Wildman–Crippen MR) is 76.2 cm³/mol. The fraction of sp³-hybridized carbons (Fsp3) is 0.467. The minimum absolute atomic E-state index is 0.0658. The molecule has 0 spiro atoms. The lowest BCUT2D eigenvalue weighted by molar-refractivity contribution is -0.0964. The maximum atomic E-state index is 12.4.